The average Bonchev–Trinajstić information content (AvgIpc) is 2.47. The van der Waals surface area contributed by atoms with Crippen LogP contribution in [0.1, 0.15) is 11.1 Å². The highest BCUT2D eigenvalue weighted by atomic mass is 32.2. The second-order valence-corrected chi connectivity index (χ2v) is 5.53. The quantitative estimate of drug-likeness (QED) is 0.677. The maximum absolute atomic E-state index is 11.3. The molecule has 0 saturated carbocycles. The van der Waals surface area contributed by atoms with Gasteiger partial charge in [0.25, 0.3) is 0 Å². The third kappa shape index (κ3) is 4.91. The molecule has 0 bridgehead atoms. The summed E-state index contributed by atoms with van der Waals surface area (Å²) < 4.78 is 36.9. The molecule has 108 valence electrons. The van der Waals surface area contributed by atoms with E-state index >= 15 is 0 Å². The summed E-state index contributed by atoms with van der Waals surface area (Å²) >= 11 is 0. The van der Waals surface area contributed by atoms with E-state index in [4.69, 9.17) is 4.74 Å². The van der Waals surface area contributed by atoms with Crippen molar-refractivity contribution in [2.24, 2.45) is 0 Å². The van der Waals surface area contributed by atoms with Gasteiger partial charge in [0.1, 0.15) is 0 Å². The molecule has 0 saturated heterocycles. The van der Waals surface area contributed by atoms with Gasteiger partial charge in [0.15, 0.2) is 0 Å². The molecule has 2 aromatic carbocycles. The van der Waals surface area contributed by atoms with Gasteiger partial charge in [-0.15, -0.1) is 0 Å². The third-order valence-electron chi connectivity index (χ3n) is 2.58. The zero-order chi connectivity index (χ0) is 15.1. The Morgan fingerprint density at radius 3 is 1.95 bits per heavy atom. The molecule has 0 radical (unpaired) electrons. The van der Waals surface area contributed by atoms with E-state index in [0.29, 0.717) is 5.56 Å². The summed E-state index contributed by atoms with van der Waals surface area (Å²) in [5.41, 5.74) is 1.46. The van der Waals surface area contributed by atoms with E-state index in [1.807, 2.05) is 30.3 Å². The van der Waals surface area contributed by atoms with Crippen molar-refractivity contribution in [3.05, 3.63) is 83.1 Å². The van der Waals surface area contributed by atoms with E-state index in [2.05, 4.69) is 0 Å². The average molecular weight is 302 g/mol. The van der Waals surface area contributed by atoms with Crippen LogP contribution in [0.15, 0.2) is 72.0 Å². The Kier molecular flexibility index (Phi) is 4.92. The minimum Gasteiger partial charge on any atom is -0.451 e. The molecule has 2 rings (SSSR count). The summed E-state index contributed by atoms with van der Waals surface area (Å²) in [6.07, 6.45) is 4.08. The molecule has 0 aliphatic heterocycles. The zero-order valence-corrected chi connectivity index (χ0v) is 11.9. The molecule has 0 spiro atoms. The van der Waals surface area contributed by atoms with Crippen molar-refractivity contribution in [2.75, 3.05) is 0 Å². The maximum atomic E-state index is 11.3. The Labute approximate surface area is 123 Å². The number of ether oxygens (including phenoxy) is 1. The van der Waals surface area contributed by atoms with Crippen LogP contribution < -0.4 is 0 Å². The van der Waals surface area contributed by atoms with E-state index < -0.39 is 15.2 Å². The Morgan fingerprint density at radius 2 is 1.43 bits per heavy atom. The van der Waals surface area contributed by atoms with Crippen LogP contribution in [0.2, 0.25) is 0 Å². The largest absolute Gasteiger partial charge is 0.451 e. The van der Waals surface area contributed by atoms with Crippen LogP contribution in [0.4, 0.5) is 0 Å². The zero-order valence-electron chi connectivity index (χ0n) is 11.1. The molecule has 21 heavy (non-hydrogen) atoms. The summed E-state index contributed by atoms with van der Waals surface area (Å²) in [6, 6.07) is 18.0. The second-order valence-electron chi connectivity index (χ2n) is 4.18. The molecule has 5 heteroatoms. The molecule has 0 aliphatic carbocycles. The van der Waals surface area contributed by atoms with Gasteiger partial charge in [0.05, 0.1) is 6.26 Å². The van der Waals surface area contributed by atoms with Crippen molar-refractivity contribution in [3.8, 4) is 0 Å². The van der Waals surface area contributed by atoms with Crippen LogP contribution in [0.5, 0.6) is 0 Å². The number of benzene rings is 2. The Balaban J connectivity index is 2.19. The van der Waals surface area contributed by atoms with Crippen molar-refractivity contribution in [1.29, 1.82) is 0 Å². The lowest BCUT2D eigenvalue weighted by Crippen LogP contribution is -2.03. The molecule has 2 aromatic rings. The monoisotopic (exact) mass is 302 g/mol. The topological polar surface area (TPSA) is 63.6 Å². The van der Waals surface area contributed by atoms with Crippen molar-refractivity contribution in [1.82, 2.24) is 0 Å². The SMILES string of the molecule is O=S(=O)(O)C(=Cc1ccccc1)OC=Cc1ccccc1. The molecule has 0 aliphatic rings. The summed E-state index contributed by atoms with van der Waals surface area (Å²) in [7, 11) is -4.43. The molecule has 0 unspecified atom stereocenters. The fraction of sp³-hybridized carbons (Fsp3) is 0. The standard InChI is InChI=1S/C16H14O4S/c17-21(18,19)16(13-15-9-5-2-6-10-15)20-12-11-14-7-3-1-4-8-14/h1-13H,(H,17,18,19). The molecule has 0 atom stereocenters. The fourth-order valence-electron chi connectivity index (χ4n) is 1.60. The van der Waals surface area contributed by atoms with Gasteiger partial charge in [-0.2, -0.15) is 8.42 Å². The summed E-state index contributed by atoms with van der Waals surface area (Å²) in [5.74, 6) is 0. The lowest BCUT2D eigenvalue weighted by molar-refractivity contribution is 0.366. The lowest BCUT2D eigenvalue weighted by Gasteiger charge is -2.03. The van der Waals surface area contributed by atoms with Gasteiger partial charge in [-0.25, -0.2) is 0 Å². The van der Waals surface area contributed by atoms with Crippen molar-refractivity contribution >= 4 is 22.3 Å². The first-order valence-electron chi connectivity index (χ1n) is 6.18. The van der Waals surface area contributed by atoms with Gasteiger partial charge in [0, 0.05) is 6.08 Å². The first kappa shape index (κ1) is 15.0. The predicted octanol–water partition coefficient (Wildman–Crippen LogP) is 3.56. The van der Waals surface area contributed by atoms with Gasteiger partial charge in [-0.05, 0) is 17.2 Å². The molecular formula is C16H14O4S. The Bertz CT molecular complexity index is 732. The first-order valence-corrected chi connectivity index (χ1v) is 7.62. The van der Waals surface area contributed by atoms with Crippen LogP contribution >= 0.6 is 0 Å². The minimum atomic E-state index is -4.43. The highest BCUT2D eigenvalue weighted by molar-refractivity contribution is 7.89. The molecule has 0 fully saturated rings. The van der Waals surface area contributed by atoms with Gasteiger partial charge >= 0.3 is 10.1 Å². The van der Waals surface area contributed by atoms with Gasteiger partial charge in [-0.1, -0.05) is 60.7 Å². The Morgan fingerprint density at radius 1 is 0.905 bits per heavy atom. The fourth-order valence-corrected chi connectivity index (χ4v) is 2.06. The van der Waals surface area contributed by atoms with Crippen LogP contribution in [-0.2, 0) is 14.9 Å². The van der Waals surface area contributed by atoms with E-state index in [9.17, 15) is 13.0 Å². The highest BCUT2D eigenvalue weighted by Gasteiger charge is 2.14. The van der Waals surface area contributed by atoms with Crippen molar-refractivity contribution in [3.63, 3.8) is 0 Å². The molecule has 0 amide bonds. The molecular weight excluding hydrogens is 288 g/mol. The maximum Gasteiger partial charge on any atom is 0.328 e. The van der Waals surface area contributed by atoms with Gasteiger partial charge < -0.3 is 4.74 Å². The highest BCUT2D eigenvalue weighted by Crippen LogP contribution is 2.14. The van der Waals surface area contributed by atoms with E-state index in [-0.39, 0.29) is 0 Å². The summed E-state index contributed by atoms with van der Waals surface area (Å²) in [5, 5.41) is -0.527. The number of rotatable bonds is 5. The molecule has 4 nitrogen and oxygen atoms in total. The normalized spacial score (nSPS) is 12.5. The van der Waals surface area contributed by atoms with Crippen LogP contribution in [-0.4, -0.2) is 13.0 Å². The third-order valence-corrected chi connectivity index (χ3v) is 3.31. The summed E-state index contributed by atoms with van der Waals surface area (Å²) in [6.45, 7) is 0. The van der Waals surface area contributed by atoms with E-state index in [0.717, 1.165) is 5.56 Å². The molecule has 0 heterocycles. The molecule has 1 N–H and O–H groups in total. The van der Waals surface area contributed by atoms with E-state index in [1.165, 1.54) is 12.3 Å². The Hall–Kier alpha value is -2.37. The summed E-state index contributed by atoms with van der Waals surface area (Å²) in [4.78, 5) is 0. The smallest absolute Gasteiger partial charge is 0.328 e. The molecule has 0 aromatic heterocycles. The second kappa shape index (κ2) is 6.88. The first-order chi connectivity index (χ1) is 10.1. The van der Waals surface area contributed by atoms with Crippen LogP contribution in [0, 0.1) is 0 Å². The van der Waals surface area contributed by atoms with Crippen molar-refractivity contribution in [2.45, 2.75) is 0 Å². The predicted molar refractivity (Wildman–Crippen MR) is 82.5 cm³/mol. The van der Waals surface area contributed by atoms with Crippen LogP contribution in [0.3, 0.4) is 0 Å². The number of hydrogen-bond acceptors (Lipinski definition) is 3. The van der Waals surface area contributed by atoms with Crippen molar-refractivity contribution < 1.29 is 17.7 Å². The van der Waals surface area contributed by atoms with Gasteiger partial charge in [0.2, 0.25) is 5.09 Å². The lowest BCUT2D eigenvalue weighted by atomic mass is 10.2. The van der Waals surface area contributed by atoms with Gasteiger partial charge in [-0.3, -0.25) is 4.55 Å². The minimum absolute atomic E-state index is 0.527. The van der Waals surface area contributed by atoms with Crippen LogP contribution in [0.25, 0.3) is 12.2 Å². The van der Waals surface area contributed by atoms with E-state index in [1.54, 1.807) is 36.4 Å². The number of hydrogen-bond donors (Lipinski definition) is 1.